The zero-order valence-electron chi connectivity index (χ0n) is 16.5. The first-order valence-corrected chi connectivity index (χ1v) is 8.04. The van der Waals surface area contributed by atoms with Gasteiger partial charge in [-0.05, 0) is 27.8 Å². The van der Waals surface area contributed by atoms with Crippen LogP contribution < -0.4 is 10.7 Å². The second-order valence-electron chi connectivity index (χ2n) is 5.98. The minimum atomic E-state index is -0.886. The minimum Gasteiger partial charge on any atom is -0.478 e. The molecule has 1 aliphatic heterocycles. The van der Waals surface area contributed by atoms with Gasteiger partial charge in [-0.25, -0.2) is 10.2 Å². The molecule has 0 aromatic rings. The van der Waals surface area contributed by atoms with Crippen molar-refractivity contribution in [3.05, 3.63) is 11.6 Å². The second kappa shape index (κ2) is 17.8. The van der Waals surface area contributed by atoms with E-state index in [4.69, 9.17) is 5.11 Å². The van der Waals surface area contributed by atoms with Crippen LogP contribution in [0.2, 0.25) is 0 Å². The number of hydrogen-bond acceptors (Lipinski definition) is 6. The second-order valence-corrected chi connectivity index (χ2v) is 5.98. The van der Waals surface area contributed by atoms with Crippen molar-refractivity contribution in [2.45, 2.75) is 55.9 Å². The Labute approximate surface area is 169 Å². The van der Waals surface area contributed by atoms with E-state index in [-0.39, 0.29) is 38.5 Å². The highest BCUT2D eigenvalue weighted by atomic mass is 16.4. The molecular formula is C19H38N4O5. The molecule has 9 nitrogen and oxygen atoms in total. The molecule has 0 spiro atoms. The molecule has 0 aliphatic carbocycles. The molecule has 9 heteroatoms. The standard InChI is InChI=1S/C6H9NO2.C6H11NO2.C5H10N2O.2CH4/c1-4-3-5(8)7(2)6(4)9;1-5(4-7-2)3-6(8)9;1-4(2)6-7-5(3)8;;/h4H,3H2,1-2H3;3,7H,4H2,1-2H3,(H,8,9);1-3H3,(H,7,8);2*1H4. The molecule has 0 aromatic carbocycles. The smallest absolute Gasteiger partial charge is 0.328 e. The van der Waals surface area contributed by atoms with E-state index in [1.54, 1.807) is 20.9 Å². The first-order valence-electron chi connectivity index (χ1n) is 8.04. The molecule has 0 bridgehead atoms. The monoisotopic (exact) mass is 402 g/mol. The number of carbonyl (C=O) groups is 4. The molecule has 1 fully saturated rings. The molecular weight excluding hydrogens is 364 g/mol. The first-order chi connectivity index (χ1) is 11.9. The summed E-state index contributed by atoms with van der Waals surface area (Å²) in [4.78, 5) is 42.8. The third-order valence-electron chi connectivity index (χ3n) is 2.87. The Kier molecular flexibility index (Phi) is 21.1. The molecule has 0 radical (unpaired) electrons. The van der Waals surface area contributed by atoms with Gasteiger partial charge in [0.05, 0.1) is 0 Å². The number of amides is 3. The quantitative estimate of drug-likeness (QED) is 0.286. The number of likely N-dealkylation sites (tertiary alicyclic amines) is 1. The van der Waals surface area contributed by atoms with Crippen LogP contribution >= 0.6 is 0 Å². The molecule has 164 valence electrons. The number of nitrogens with zero attached hydrogens (tertiary/aromatic N) is 2. The van der Waals surface area contributed by atoms with Gasteiger partial charge in [0.2, 0.25) is 17.7 Å². The van der Waals surface area contributed by atoms with Gasteiger partial charge in [0.15, 0.2) is 0 Å². The normalized spacial score (nSPS) is 14.9. The lowest BCUT2D eigenvalue weighted by Crippen LogP contribution is -2.24. The van der Waals surface area contributed by atoms with E-state index in [0.29, 0.717) is 13.0 Å². The third-order valence-corrected chi connectivity index (χ3v) is 2.87. The highest BCUT2D eigenvalue weighted by Crippen LogP contribution is 2.15. The van der Waals surface area contributed by atoms with Gasteiger partial charge in [-0.1, -0.05) is 27.4 Å². The Morgan fingerprint density at radius 3 is 1.89 bits per heavy atom. The van der Waals surface area contributed by atoms with Crippen molar-refractivity contribution in [1.29, 1.82) is 0 Å². The maximum atomic E-state index is 10.8. The Morgan fingerprint density at radius 1 is 1.21 bits per heavy atom. The number of hydrogen-bond donors (Lipinski definition) is 3. The summed E-state index contributed by atoms with van der Waals surface area (Å²) in [5, 5.41) is 14.7. The Balaban J connectivity index is -0.000000149. The number of carboxylic acid groups (broad SMARTS) is 1. The average Bonchev–Trinajstić information content (AvgIpc) is 2.72. The molecule has 1 saturated heterocycles. The van der Waals surface area contributed by atoms with Crippen molar-refractivity contribution in [3.63, 3.8) is 0 Å². The largest absolute Gasteiger partial charge is 0.478 e. The zero-order valence-corrected chi connectivity index (χ0v) is 16.5. The fourth-order valence-corrected chi connectivity index (χ4v) is 1.67. The number of likely N-dealkylation sites (N-methyl/N-ethyl adjacent to an activating group) is 1. The highest BCUT2D eigenvalue weighted by Gasteiger charge is 2.32. The maximum Gasteiger partial charge on any atom is 0.328 e. The first kappa shape index (κ1) is 33.1. The van der Waals surface area contributed by atoms with Gasteiger partial charge in [0.25, 0.3) is 0 Å². The van der Waals surface area contributed by atoms with Crippen LogP contribution in [0.4, 0.5) is 0 Å². The summed E-state index contributed by atoms with van der Waals surface area (Å²) in [6.45, 7) is 9.22. The number of rotatable bonds is 4. The number of nitrogens with one attached hydrogen (secondary N) is 2. The molecule has 3 amide bonds. The molecule has 1 heterocycles. The van der Waals surface area contributed by atoms with Crippen molar-refractivity contribution in [2.24, 2.45) is 11.0 Å². The van der Waals surface area contributed by atoms with Gasteiger partial charge < -0.3 is 10.4 Å². The summed E-state index contributed by atoms with van der Waals surface area (Å²) < 4.78 is 0. The van der Waals surface area contributed by atoms with Crippen LogP contribution in [0.1, 0.15) is 55.9 Å². The van der Waals surface area contributed by atoms with E-state index in [0.717, 1.165) is 11.3 Å². The molecule has 28 heavy (non-hydrogen) atoms. The van der Waals surface area contributed by atoms with Crippen LogP contribution in [0.25, 0.3) is 0 Å². The zero-order chi connectivity index (χ0) is 20.9. The summed E-state index contributed by atoms with van der Waals surface area (Å²) in [5.74, 6) is -1.23. The maximum absolute atomic E-state index is 10.8. The SMILES string of the molecule is C.C.CC(=O)NN=C(C)C.CC1CC(=O)N(C)C1=O.CNCC(C)=CC(=O)O. The predicted octanol–water partition coefficient (Wildman–Crippen LogP) is 2.04. The molecule has 1 unspecified atom stereocenters. The Hall–Kier alpha value is -2.55. The fourth-order valence-electron chi connectivity index (χ4n) is 1.67. The van der Waals surface area contributed by atoms with Crippen LogP contribution in [0.5, 0.6) is 0 Å². The number of aliphatic carboxylic acids is 1. The van der Waals surface area contributed by atoms with Crippen LogP contribution in [0.3, 0.4) is 0 Å². The van der Waals surface area contributed by atoms with E-state index in [1.807, 2.05) is 13.8 Å². The molecule has 1 atom stereocenters. The van der Waals surface area contributed by atoms with Gasteiger partial charge in [-0.2, -0.15) is 5.10 Å². The lowest BCUT2D eigenvalue weighted by atomic mass is 10.1. The van der Waals surface area contributed by atoms with Crippen LogP contribution in [-0.2, 0) is 19.2 Å². The van der Waals surface area contributed by atoms with Gasteiger partial charge in [0, 0.05) is 44.6 Å². The van der Waals surface area contributed by atoms with Crippen molar-refractivity contribution < 1.29 is 24.3 Å². The summed E-state index contributed by atoms with van der Waals surface area (Å²) in [5.41, 5.74) is 3.97. The van der Waals surface area contributed by atoms with Crippen LogP contribution in [-0.4, -0.2) is 60.0 Å². The molecule has 1 rings (SSSR count). The lowest BCUT2D eigenvalue weighted by molar-refractivity contribution is -0.137. The van der Waals surface area contributed by atoms with Crippen LogP contribution in [0, 0.1) is 5.92 Å². The van der Waals surface area contributed by atoms with Gasteiger partial charge in [-0.15, -0.1) is 0 Å². The topological polar surface area (TPSA) is 128 Å². The lowest BCUT2D eigenvalue weighted by Gasteiger charge is -2.03. The summed E-state index contributed by atoms with van der Waals surface area (Å²) in [6.07, 6.45) is 1.58. The summed E-state index contributed by atoms with van der Waals surface area (Å²) >= 11 is 0. The van der Waals surface area contributed by atoms with E-state index in [2.05, 4.69) is 15.8 Å². The summed E-state index contributed by atoms with van der Waals surface area (Å²) in [7, 11) is 3.30. The number of hydrazone groups is 1. The Bertz CT molecular complexity index is 567. The Morgan fingerprint density at radius 2 is 1.71 bits per heavy atom. The molecule has 1 aliphatic rings. The number of carbonyl (C=O) groups excluding carboxylic acids is 3. The molecule has 0 saturated carbocycles. The van der Waals surface area contributed by atoms with Gasteiger partial charge >= 0.3 is 5.97 Å². The average molecular weight is 403 g/mol. The molecule has 0 aromatic heterocycles. The fraction of sp³-hybridized carbons (Fsp3) is 0.632. The highest BCUT2D eigenvalue weighted by molar-refractivity contribution is 6.02. The van der Waals surface area contributed by atoms with E-state index in [9.17, 15) is 19.2 Å². The van der Waals surface area contributed by atoms with Crippen molar-refractivity contribution in [3.8, 4) is 0 Å². The van der Waals surface area contributed by atoms with E-state index < -0.39 is 5.97 Å². The van der Waals surface area contributed by atoms with Gasteiger partial charge in [-0.3, -0.25) is 19.3 Å². The van der Waals surface area contributed by atoms with Gasteiger partial charge in [0.1, 0.15) is 0 Å². The third kappa shape index (κ3) is 18.2. The predicted molar refractivity (Wildman–Crippen MR) is 113 cm³/mol. The van der Waals surface area contributed by atoms with E-state index >= 15 is 0 Å². The van der Waals surface area contributed by atoms with Crippen molar-refractivity contribution >= 4 is 29.4 Å². The van der Waals surface area contributed by atoms with Crippen molar-refractivity contribution in [1.82, 2.24) is 15.6 Å². The number of carboxylic acids is 1. The summed E-state index contributed by atoms with van der Waals surface area (Å²) in [6, 6.07) is 0. The van der Waals surface area contributed by atoms with Crippen LogP contribution in [0.15, 0.2) is 16.8 Å². The molecule has 3 N–H and O–H groups in total. The van der Waals surface area contributed by atoms with E-state index in [1.165, 1.54) is 24.9 Å². The minimum absolute atomic E-state index is 0. The van der Waals surface area contributed by atoms with Crippen molar-refractivity contribution in [2.75, 3.05) is 20.6 Å². The number of imide groups is 1.